The number of likely N-dealkylation sites (tertiary alicyclic amines) is 1. The summed E-state index contributed by atoms with van der Waals surface area (Å²) in [6.45, 7) is 3.68. The lowest BCUT2D eigenvalue weighted by molar-refractivity contribution is 0.0678. The van der Waals surface area contributed by atoms with Gasteiger partial charge in [-0.05, 0) is 57.7 Å². The Morgan fingerprint density at radius 2 is 1.81 bits per heavy atom. The van der Waals surface area contributed by atoms with Crippen LogP contribution in [-0.4, -0.2) is 52.2 Å². The van der Waals surface area contributed by atoms with Crippen molar-refractivity contribution < 1.29 is 9.21 Å². The van der Waals surface area contributed by atoms with Crippen LogP contribution < -0.4 is 5.32 Å². The highest BCUT2D eigenvalue weighted by Gasteiger charge is 2.35. The minimum Gasteiger partial charge on any atom is -0.438 e. The normalized spacial score (nSPS) is 22.3. The van der Waals surface area contributed by atoms with Gasteiger partial charge in [0.25, 0.3) is 5.91 Å². The minimum absolute atomic E-state index is 0.00727. The fourth-order valence-corrected chi connectivity index (χ4v) is 4.49. The molecule has 144 valence electrons. The summed E-state index contributed by atoms with van der Waals surface area (Å²) in [6, 6.07) is 2.26. The van der Waals surface area contributed by atoms with E-state index in [2.05, 4.69) is 26.6 Å². The first kappa shape index (κ1) is 17.0. The van der Waals surface area contributed by atoms with Crippen molar-refractivity contribution in [3.63, 3.8) is 0 Å². The molecule has 3 aliphatic rings. The molecule has 4 heterocycles. The molecule has 0 radical (unpaired) electrons. The summed E-state index contributed by atoms with van der Waals surface area (Å²) in [5.41, 5.74) is 3.30. The minimum atomic E-state index is 0.00727. The second-order valence-electron chi connectivity index (χ2n) is 8.18. The monoisotopic (exact) mass is 369 g/mol. The van der Waals surface area contributed by atoms with E-state index in [0.29, 0.717) is 23.5 Å². The van der Waals surface area contributed by atoms with Gasteiger partial charge < -0.3 is 14.6 Å². The van der Waals surface area contributed by atoms with E-state index in [1.165, 1.54) is 17.8 Å². The average molecular weight is 369 g/mol. The molecule has 2 aromatic rings. The topological polar surface area (TPSA) is 87.1 Å². The summed E-state index contributed by atoms with van der Waals surface area (Å²) < 4.78 is 5.44. The van der Waals surface area contributed by atoms with Crippen molar-refractivity contribution >= 4 is 5.91 Å². The van der Waals surface area contributed by atoms with Gasteiger partial charge in [-0.3, -0.25) is 9.89 Å². The van der Waals surface area contributed by atoms with Gasteiger partial charge in [-0.1, -0.05) is 0 Å². The molecule has 7 heteroatoms. The summed E-state index contributed by atoms with van der Waals surface area (Å²) in [4.78, 5) is 19.0. The standard InChI is InChI=1S/C20H27N5O2/c26-20(19-18(15-1-2-15)22-12-27-19)25-9-5-14(6-10-25)17-11-16(23-24-17)13-3-7-21-8-4-13/h11-15,21H,1-10H2,(H,23,24). The summed E-state index contributed by atoms with van der Waals surface area (Å²) in [5, 5.41) is 11.3. The van der Waals surface area contributed by atoms with Crippen LogP contribution in [-0.2, 0) is 0 Å². The maximum absolute atomic E-state index is 12.8. The van der Waals surface area contributed by atoms with Crippen LogP contribution in [0.4, 0.5) is 0 Å². The second-order valence-corrected chi connectivity index (χ2v) is 8.18. The number of oxazole rings is 1. The highest BCUT2D eigenvalue weighted by molar-refractivity contribution is 5.92. The molecule has 5 rings (SSSR count). The molecule has 3 fully saturated rings. The number of carbonyl (C=O) groups is 1. The van der Waals surface area contributed by atoms with Gasteiger partial charge in [0.15, 0.2) is 6.39 Å². The Morgan fingerprint density at radius 3 is 2.56 bits per heavy atom. The number of aromatic nitrogens is 3. The third kappa shape index (κ3) is 3.40. The van der Waals surface area contributed by atoms with Gasteiger partial charge in [-0.2, -0.15) is 5.10 Å². The maximum atomic E-state index is 12.8. The van der Waals surface area contributed by atoms with E-state index >= 15 is 0 Å². The van der Waals surface area contributed by atoms with Crippen LogP contribution in [0, 0.1) is 0 Å². The van der Waals surface area contributed by atoms with Gasteiger partial charge in [0.05, 0.1) is 11.4 Å². The number of nitrogens with zero attached hydrogens (tertiary/aromatic N) is 3. The second kappa shape index (κ2) is 7.11. The Morgan fingerprint density at radius 1 is 1.04 bits per heavy atom. The molecule has 2 N–H and O–H groups in total. The number of hydrogen-bond donors (Lipinski definition) is 2. The van der Waals surface area contributed by atoms with E-state index in [-0.39, 0.29) is 5.91 Å². The van der Waals surface area contributed by atoms with Gasteiger partial charge in [-0.25, -0.2) is 4.98 Å². The van der Waals surface area contributed by atoms with Gasteiger partial charge in [0, 0.05) is 36.5 Å². The molecular weight excluding hydrogens is 342 g/mol. The van der Waals surface area contributed by atoms with Crippen LogP contribution in [0.2, 0.25) is 0 Å². The number of piperidine rings is 2. The van der Waals surface area contributed by atoms with Crippen molar-refractivity contribution in [3.05, 3.63) is 35.3 Å². The van der Waals surface area contributed by atoms with E-state index in [1.54, 1.807) is 0 Å². The fourth-order valence-electron chi connectivity index (χ4n) is 4.49. The molecule has 0 spiro atoms. The predicted molar refractivity (Wildman–Crippen MR) is 99.8 cm³/mol. The molecule has 2 aliphatic heterocycles. The number of rotatable bonds is 4. The lowest BCUT2D eigenvalue weighted by atomic mass is 9.90. The van der Waals surface area contributed by atoms with Crippen molar-refractivity contribution in [3.8, 4) is 0 Å². The molecule has 7 nitrogen and oxygen atoms in total. The molecular formula is C20H27N5O2. The number of carbonyl (C=O) groups excluding carboxylic acids is 1. The van der Waals surface area contributed by atoms with Gasteiger partial charge in [0.1, 0.15) is 0 Å². The summed E-state index contributed by atoms with van der Waals surface area (Å²) in [6.07, 6.45) is 7.91. The first-order valence-corrected chi connectivity index (χ1v) is 10.3. The Bertz CT molecular complexity index is 795. The zero-order chi connectivity index (χ0) is 18.2. The molecule has 0 bridgehead atoms. The number of hydrogen-bond acceptors (Lipinski definition) is 5. The van der Waals surface area contributed by atoms with Crippen LogP contribution in [0.1, 0.15) is 83.9 Å². The van der Waals surface area contributed by atoms with E-state index in [1.807, 2.05) is 4.90 Å². The molecule has 27 heavy (non-hydrogen) atoms. The average Bonchev–Trinajstić information content (AvgIpc) is 3.25. The van der Waals surface area contributed by atoms with Gasteiger partial charge in [0.2, 0.25) is 5.76 Å². The SMILES string of the molecule is O=C(c1ocnc1C1CC1)N1CCC(c2cc(C3CCNCC3)n[nH]2)CC1. The Balaban J connectivity index is 1.21. The maximum Gasteiger partial charge on any atom is 0.291 e. The van der Waals surface area contributed by atoms with Gasteiger partial charge >= 0.3 is 0 Å². The zero-order valence-electron chi connectivity index (χ0n) is 15.6. The molecule has 2 aromatic heterocycles. The lowest BCUT2D eigenvalue weighted by Crippen LogP contribution is -2.38. The molecule has 0 unspecified atom stereocenters. The molecule has 0 atom stereocenters. The fraction of sp³-hybridized carbons (Fsp3) is 0.650. The summed E-state index contributed by atoms with van der Waals surface area (Å²) >= 11 is 0. The summed E-state index contributed by atoms with van der Waals surface area (Å²) in [5.74, 6) is 1.93. The molecule has 1 saturated carbocycles. The Hall–Kier alpha value is -2.15. The molecule has 0 aromatic carbocycles. The van der Waals surface area contributed by atoms with Crippen LogP contribution in [0.25, 0.3) is 0 Å². The van der Waals surface area contributed by atoms with Crippen molar-refractivity contribution in [1.82, 2.24) is 25.4 Å². The largest absolute Gasteiger partial charge is 0.438 e. The van der Waals surface area contributed by atoms with Gasteiger partial charge in [-0.15, -0.1) is 0 Å². The first-order chi connectivity index (χ1) is 13.3. The van der Waals surface area contributed by atoms with Crippen LogP contribution in [0.5, 0.6) is 0 Å². The highest BCUT2D eigenvalue weighted by Crippen LogP contribution is 2.41. The quantitative estimate of drug-likeness (QED) is 0.865. The number of nitrogens with one attached hydrogen (secondary N) is 2. The predicted octanol–water partition coefficient (Wildman–Crippen LogP) is 2.76. The van der Waals surface area contributed by atoms with E-state index in [9.17, 15) is 4.79 Å². The van der Waals surface area contributed by atoms with Crippen molar-refractivity contribution in [2.75, 3.05) is 26.2 Å². The molecule has 2 saturated heterocycles. The number of aromatic amines is 1. The molecule has 1 amide bonds. The van der Waals surface area contributed by atoms with Crippen molar-refractivity contribution in [2.45, 2.75) is 56.3 Å². The number of amides is 1. The zero-order valence-corrected chi connectivity index (χ0v) is 15.6. The molecule has 1 aliphatic carbocycles. The van der Waals surface area contributed by atoms with Crippen LogP contribution in [0.3, 0.4) is 0 Å². The lowest BCUT2D eigenvalue weighted by Gasteiger charge is -2.31. The Kier molecular flexibility index (Phi) is 4.47. The smallest absolute Gasteiger partial charge is 0.291 e. The first-order valence-electron chi connectivity index (χ1n) is 10.3. The highest BCUT2D eigenvalue weighted by atomic mass is 16.3. The van der Waals surface area contributed by atoms with Crippen molar-refractivity contribution in [1.29, 1.82) is 0 Å². The van der Waals surface area contributed by atoms with Crippen molar-refractivity contribution in [2.24, 2.45) is 0 Å². The Labute approximate surface area is 158 Å². The van der Waals surface area contributed by atoms with E-state index < -0.39 is 0 Å². The third-order valence-electron chi connectivity index (χ3n) is 6.35. The van der Waals surface area contributed by atoms with E-state index in [4.69, 9.17) is 4.42 Å². The third-order valence-corrected chi connectivity index (χ3v) is 6.35. The number of H-pyrrole nitrogens is 1. The van der Waals surface area contributed by atoms with E-state index in [0.717, 1.165) is 70.4 Å². The van der Waals surface area contributed by atoms with Crippen LogP contribution >= 0.6 is 0 Å². The summed E-state index contributed by atoms with van der Waals surface area (Å²) in [7, 11) is 0. The van der Waals surface area contributed by atoms with Crippen LogP contribution in [0.15, 0.2) is 16.9 Å².